The fourth-order valence-electron chi connectivity index (χ4n) is 2.63. The molecule has 0 aliphatic heterocycles. The zero-order valence-electron chi connectivity index (χ0n) is 11.3. The van der Waals surface area contributed by atoms with Gasteiger partial charge in [0.15, 0.2) is 0 Å². The van der Waals surface area contributed by atoms with Crippen LogP contribution >= 0.6 is 0 Å². The van der Waals surface area contributed by atoms with E-state index >= 15 is 0 Å². The first-order chi connectivity index (χ1) is 10.4. The molecule has 21 heavy (non-hydrogen) atoms. The highest BCUT2D eigenvalue weighted by molar-refractivity contribution is 5.95. The Morgan fingerprint density at radius 1 is 0.810 bits per heavy atom. The molecule has 4 rings (SSSR count). The van der Waals surface area contributed by atoms with Gasteiger partial charge >= 0.3 is 0 Å². The number of hydrogen-bond acceptors (Lipinski definition) is 2. The summed E-state index contributed by atoms with van der Waals surface area (Å²) in [6.07, 6.45) is 7.56. The van der Waals surface area contributed by atoms with Crippen LogP contribution in [0.4, 0.5) is 0 Å². The summed E-state index contributed by atoms with van der Waals surface area (Å²) in [7, 11) is 0. The van der Waals surface area contributed by atoms with Gasteiger partial charge in [0.25, 0.3) is 0 Å². The predicted molar refractivity (Wildman–Crippen MR) is 84.3 cm³/mol. The Morgan fingerprint density at radius 2 is 1.81 bits per heavy atom. The van der Waals surface area contributed by atoms with Crippen molar-refractivity contribution in [1.82, 2.24) is 14.5 Å². The third-order valence-electron chi connectivity index (χ3n) is 3.60. The molecule has 0 unspecified atom stereocenters. The minimum absolute atomic E-state index is 0.993. The van der Waals surface area contributed by atoms with Crippen LogP contribution in [0.2, 0.25) is 0 Å². The van der Waals surface area contributed by atoms with E-state index in [0.717, 1.165) is 22.5 Å². The minimum atomic E-state index is 0.993. The first-order valence-corrected chi connectivity index (χ1v) is 6.85. The molecule has 0 spiro atoms. The van der Waals surface area contributed by atoms with Crippen LogP contribution in [0.15, 0.2) is 79.4 Å². The van der Waals surface area contributed by atoms with Gasteiger partial charge in [-0.15, -0.1) is 0 Å². The van der Waals surface area contributed by atoms with Crippen LogP contribution in [-0.4, -0.2) is 14.5 Å². The molecule has 0 fully saturated rings. The lowest BCUT2D eigenvalue weighted by molar-refractivity contribution is 1.10. The van der Waals surface area contributed by atoms with E-state index in [1.165, 1.54) is 5.39 Å². The van der Waals surface area contributed by atoms with Crippen molar-refractivity contribution in [2.75, 3.05) is 0 Å². The van der Waals surface area contributed by atoms with Gasteiger partial charge < -0.3 is 4.57 Å². The van der Waals surface area contributed by atoms with E-state index in [-0.39, 0.29) is 0 Å². The zero-order valence-corrected chi connectivity index (χ0v) is 11.3. The average Bonchev–Trinajstić information content (AvgIpc) is 3.00. The number of nitrogens with zero attached hydrogens (tertiary/aromatic N) is 3. The Balaban J connectivity index is 1.96. The van der Waals surface area contributed by atoms with Crippen LogP contribution < -0.4 is 0 Å². The van der Waals surface area contributed by atoms with Gasteiger partial charge in [0, 0.05) is 29.5 Å². The van der Waals surface area contributed by atoms with Crippen LogP contribution in [-0.2, 0) is 0 Å². The topological polar surface area (TPSA) is 30.7 Å². The Kier molecular flexibility index (Phi) is 2.75. The van der Waals surface area contributed by atoms with Gasteiger partial charge in [-0.25, -0.2) is 0 Å². The van der Waals surface area contributed by atoms with Crippen LogP contribution in [0.5, 0.6) is 0 Å². The van der Waals surface area contributed by atoms with Crippen molar-refractivity contribution in [2.24, 2.45) is 0 Å². The van der Waals surface area contributed by atoms with E-state index in [2.05, 4.69) is 51.1 Å². The highest BCUT2D eigenvalue weighted by atomic mass is 15.0. The molecular formula is C18H13N3. The standard InChI is InChI=1S/C18H13N3/c1-2-11-20-17(7-1)15-6-3-8-18-16(15)9-12-21(18)14-5-4-10-19-13-14/h1-13H. The third-order valence-corrected chi connectivity index (χ3v) is 3.60. The number of pyridine rings is 2. The van der Waals surface area contributed by atoms with E-state index < -0.39 is 0 Å². The maximum atomic E-state index is 4.46. The summed E-state index contributed by atoms with van der Waals surface area (Å²) < 4.78 is 2.15. The molecule has 0 saturated heterocycles. The highest BCUT2D eigenvalue weighted by Crippen LogP contribution is 2.29. The molecule has 0 bridgehead atoms. The summed E-state index contributed by atoms with van der Waals surface area (Å²) in [4.78, 5) is 8.65. The number of benzene rings is 1. The monoisotopic (exact) mass is 271 g/mol. The van der Waals surface area contributed by atoms with Crippen molar-refractivity contribution < 1.29 is 0 Å². The highest BCUT2D eigenvalue weighted by Gasteiger charge is 2.08. The van der Waals surface area contributed by atoms with E-state index in [4.69, 9.17) is 0 Å². The Bertz CT molecular complexity index is 880. The summed E-state index contributed by atoms with van der Waals surface area (Å²) >= 11 is 0. The smallest absolute Gasteiger partial charge is 0.0708 e. The second-order valence-corrected chi connectivity index (χ2v) is 4.85. The van der Waals surface area contributed by atoms with Gasteiger partial charge in [-0.3, -0.25) is 9.97 Å². The second kappa shape index (κ2) is 4.87. The fourth-order valence-corrected chi connectivity index (χ4v) is 2.63. The molecule has 0 aliphatic rings. The largest absolute Gasteiger partial charge is 0.315 e. The zero-order chi connectivity index (χ0) is 14.1. The maximum Gasteiger partial charge on any atom is 0.0708 e. The normalized spacial score (nSPS) is 10.9. The first-order valence-electron chi connectivity index (χ1n) is 6.85. The Morgan fingerprint density at radius 3 is 2.62 bits per heavy atom. The molecule has 4 aromatic rings. The van der Waals surface area contributed by atoms with Crippen molar-refractivity contribution >= 4 is 10.9 Å². The molecule has 0 amide bonds. The average molecular weight is 271 g/mol. The van der Waals surface area contributed by atoms with Crippen molar-refractivity contribution in [1.29, 1.82) is 0 Å². The molecule has 0 saturated carbocycles. The minimum Gasteiger partial charge on any atom is -0.315 e. The summed E-state index contributed by atoms with van der Waals surface area (Å²) in [6, 6.07) is 18.4. The fraction of sp³-hybridized carbons (Fsp3) is 0. The molecule has 3 heteroatoms. The van der Waals surface area contributed by atoms with Crippen LogP contribution in [0.1, 0.15) is 0 Å². The van der Waals surface area contributed by atoms with Crippen molar-refractivity contribution in [3.8, 4) is 16.9 Å². The molecule has 0 atom stereocenters. The number of aromatic nitrogens is 3. The molecule has 0 aliphatic carbocycles. The molecule has 3 heterocycles. The Hall–Kier alpha value is -2.94. The van der Waals surface area contributed by atoms with Crippen molar-refractivity contribution in [3.05, 3.63) is 79.4 Å². The lowest BCUT2D eigenvalue weighted by Crippen LogP contribution is -1.92. The summed E-state index contributed by atoms with van der Waals surface area (Å²) in [6.45, 7) is 0. The quantitative estimate of drug-likeness (QED) is 0.550. The van der Waals surface area contributed by atoms with Gasteiger partial charge in [-0.1, -0.05) is 18.2 Å². The number of fused-ring (bicyclic) bond motifs is 1. The van der Waals surface area contributed by atoms with Crippen LogP contribution in [0.3, 0.4) is 0 Å². The van der Waals surface area contributed by atoms with Gasteiger partial charge in [-0.05, 0) is 36.4 Å². The third kappa shape index (κ3) is 1.99. The SMILES string of the molecule is c1ccc(-c2cccc3c2ccn3-c2cccnc2)nc1. The second-order valence-electron chi connectivity index (χ2n) is 4.85. The summed E-state index contributed by atoms with van der Waals surface area (Å²) in [5, 5.41) is 1.19. The van der Waals surface area contributed by atoms with E-state index in [1.54, 1.807) is 6.20 Å². The first kappa shape index (κ1) is 11.9. The predicted octanol–water partition coefficient (Wildman–Crippen LogP) is 4.09. The van der Waals surface area contributed by atoms with Crippen LogP contribution in [0.25, 0.3) is 27.8 Å². The van der Waals surface area contributed by atoms with E-state index in [0.29, 0.717) is 0 Å². The molecular weight excluding hydrogens is 258 g/mol. The number of rotatable bonds is 2. The van der Waals surface area contributed by atoms with Crippen LogP contribution in [0, 0.1) is 0 Å². The molecule has 0 N–H and O–H groups in total. The van der Waals surface area contributed by atoms with Gasteiger partial charge in [0.2, 0.25) is 0 Å². The van der Waals surface area contributed by atoms with Gasteiger partial charge in [-0.2, -0.15) is 0 Å². The molecule has 3 aromatic heterocycles. The van der Waals surface area contributed by atoms with Gasteiger partial charge in [0.05, 0.1) is 23.1 Å². The molecule has 100 valence electrons. The van der Waals surface area contributed by atoms with E-state index in [1.807, 2.05) is 36.7 Å². The van der Waals surface area contributed by atoms with Crippen molar-refractivity contribution in [2.45, 2.75) is 0 Å². The lowest BCUT2D eigenvalue weighted by Gasteiger charge is -2.06. The maximum absolute atomic E-state index is 4.46. The van der Waals surface area contributed by atoms with Crippen molar-refractivity contribution in [3.63, 3.8) is 0 Å². The Labute approximate surface area is 122 Å². The molecule has 0 radical (unpaired) electrons. The summed E-state index contributed by atoms with van der Waals surface area (Å²) in [5.41, 5.74) is 4.36. The van der Waals surface area contributed by atoms with Gasteiger partial charge in [0.1, 0.15) is 0 Å². The lowest BCUT2D eigenvalue weighted by atomic mass is 10.1. The molecule has 3 nitrogen and oxygen atoms in total. The summed E-state index contributed by atoms with van der Waals surface area (Å²) in [5.74, 6) is 0. The number of hydrogen-bond donors (Lipinski definition) is 0. The van der Waals surface area contributed by atoms with E-state index in [9.17, 15) is 0 Å². The molecule has 1 aromatic carbocycles.